The minimum atomic E-state index is 0.238. The third-order valence-corrected chi connectivity index (χ3v) is 3.48. The fraction of sp³-hybridized carbons (Fsp3) is 0.235. The molecule has 8 nitrogen and oxygen atoms in total. The number of hydrogen-bond acceptors (Lipinski definition) is 8. The largest absolute Gasteiger partial charge is 0.494 e. The van der Waals surface area contributed by atoms with Gasteiger partial charge >= 0.3 is 0 Å². The average Bonchev–Trinajstić information content (AvgIpc) is 3.11. The molecule has 2 heterocycles. The van der Waals surface area contributed by atoms with Crippen LogP contribution in [0.4, 0.5) is 11.4 Å². The number of pyridine rings is 1. The quantitative estimate of drug-likeness (QED) is 0.649. The third kappa shape index (κ3) is 3.47. The van der Waals surface area contributed by atoms with Gasteiger partial charge in [-0.3, -0.25) is 4.98 Å². The summed E-state index contributed by atoms with van der Waals surface area (Å²) < 4.78 is 10.6. The molecule has 0 atom stereocenters. The van der Waals surface area contributed by atoms with E-state index in [1.165, 1.54) is 0 Å². The number of anilines is 1. The minimum absolute atomic E-state index is 0.238. The van der Waals surface area contributed by atoms with Gasteiger partial charge in [-0.25, -0.2) is 5.53 Å². The lowest BCUT2D eigenvalue weighted by atomic mass is 10.1. The van der Waals surface area contributed by atoms with Crippen molar-refractivity contribution in [1.29, 1.82) is 5.53 Å². The number of nitrogens with zero attached hydrogens (tertiary/aromatic N) is 4. The molecular weight excluding hydrogens is 320 g/mol. The first-order valence-corrected chi connectivity index (χ1v) is 7.73. The number of rotatable bonds is 6. The van der Waals surface area contributed by atoms with Crippen molar-refractivity contribution in [2.24, 2.45) is 5.11 Å². The number of nitrogens with one attached hydrogen (secondary N) is 2. The van der Waals surface area contributed by atoms with Crippen LogP contribution in [0.25, 0.3) is 22.8 Å². The van der Waals surface area contributed by atoms with E-state index in [2.05, 4.69) is 25.6 Å². The van der Waals surface area contributed by atoms with Crippen LogP contribution in [0.3, 0.4) is 0 Å². The van der Waals surface area contributed by atoms with Crippen molar-refractivity contribution in [3.05, 3.63) is 36.7 Å². The Kier molecular flexibility index (Phi) is 4.69. The molecule has 1 aromatic carbocycles. The highest BCUT2D eigenvalue weighted by atomic mass is 16.5. The molecule has 0 spiro atoms. The maximum atomic E-state index is 7.38. The highest BCUT2D eigenvalue weighted by Gasteiger charge is 2.16. The topological polar surface area (TPSA) is 109 Å². The first-order valence-electron chi connectivity index (χ1n) is 7.73. The van der Waals surface area contributed by atoms with Crippen molar-refractivity contribution in [2.45, 2.75) is 19.9 Å². The molecule has 8 heteroatoms. The molecule has 0 saturated carbocycles. The van der Waals surface area contributed by atoms with Crippen molar-refractivity contribution < 1.29 is 9.26 Å². The molecule has 128 valence electrons. The Balaban J connectivity index is 1.96. The zero-order valence-corrected chi connectivity index (χ0v) is 14.1. The molecule has 2 N–H and O–H groups in total. The third-order valence-electron chi connectivity index (χ3n) is 3.48. The summed E-state index contributed by atoms with van der Waals surface area (Å²) in [5.41, 5.74) is 10.1. The van der Waals surface area contributed by atoms with Crippen LogP contribution in [0.2, 0.25) is 0 Å². The van der Waals surface area contributed by atoms with E-state index in [9.17, 15) is 0 Å². The molecule has 3 aromatic rings. The van der Waals surface area contributed by atoms with Crippen LogP contribution >= 0.6 is 0 Å². The van der Waals surface area contributed by atoms with Gasteiger partial charge in [-0.2, -0.15) is 10.1 Å². The summed E-state index contributed by atoms with van der Waals surface area (Å²) in [4.78, 5) is 8.42. The van der Waals surface area contributed by atoms with Crippen LogP contribution in [0.1, 0.15) is 13.8 Å². The van der Waals surface area contributed by atoms with Crippen LogP contribution in [0, 0.1) is 5.53 Å². The first kappa shape index (κ1) is 16.6. The maximum absolute atomic E-state index is 7.38. The summed E-state index contributed by atoms with van der Waals surface area (Å²) >= 11 is 0. The lowest BCUT2D eigenvalue weighted by molar-refractivity contribution is 0.404. The Bertz CT molecular complexity index is 890. The van der Waals surface area contributed by atoms with Gasteiger partial charge in [0.05, 0.1) is 24.6 Å². The van der Waals surface area contributed by atoms with Gasteiger partial charge in [-0.15, -0.1) is 0 Å². The predicted octanol–water partition coefficient (Wildman–Crippen LogP) is 4.29. The highest BCUT2D eigenvalue weighted by Crippen LogP contribution is 2.33. The summed E-state index contributed by atoms with van der Waals surface area (Å²) in [6.45, 7) is 4.05. The zero-order chi connectivity index (χ0) is 17.8. The fourth-order valence-electron chi connectivity index (χ4n) is 2.37. The lowest BCUT2D eigenvalue weighted by Crippen LogP contribution is -2.09. The molecule has 0 bridgehead atoms. The van der Waals surface area contributed by atoms with Gasteiger partial charge in [0.15, 0.2) is 0 Å². The van der Waals surface area contributed by atoms with E-state index in [-0.39, 0.29) is 6.04 Å². The van der Waals surface area contributed by atoms with Crippen molar-refractivity contribution in [1.82, 2.24) is 15.1 Å². The van der Waals surface area contributed by atoms with Gasteiger partial charge < -0.3 is 14.6 Å². The molecule has 0 fully saturated rings. The molecule has 25 heavy (non-hydrogen) atoms. The Hall–Kier alpha value is -3.29. The number of ether oxygens (including phenoxy) is 1. The lowest BCUT2D eigenvalue weighted by Gasteiger charge is -2.12. The molecule has 0 unspecified atom stereocenters. The van der Waals surface area contributed by atoms with Gasteiger partial charge in [-0.1, -0.05) is 5.16 Å². The second-order valence-corrected chi connectivity index (χ2v) is 5.64. The molecule has 0 aliphatic carbocycles. The van der Waals surface area contributed by atoms with Crippen LogP contribution < -0.4 is 10.1 Å². The van der Waals surface area contributed by atoms with Crippen molar-refractivity contribution in [2.75, 3.05) is 12.4 Å². The van der Waals surface area contributed by atoms with Crippen LogP contribution in [0.5, 0.6) is 5.75 Å². The first-order chi connectivity index (χ1) is 12.1. The Morgan fingerprint density at radius 1 is 1.28 bits per heavy atom. The minimum Gasteiger partial charge on any atom is -0.494 e. The van der Waals surface area contributed by atoms with Crippen molar-refractivity contribution >= 4 is 11.4 Å². The second-order valence-electron chi connectivity index (χ2n) is 5.64. The van der Waals surface area contributed by atoms with Crippen LogP contribution in [0.15, 0.2) is 46.3 Å². The molecule has 0 aliphatic heterocycles. The Morgan fingerprint density at radius 2 is 2.12 bits per heavy atom. The smallest absolute Gasteiger partial charge is 0.262 e. The molecule has 0 radical (unpaired) electrons. The van der Waals surface area contributed by atoms with Crippen LogP contribution in [-0.2, 0) is 0 Å². The summed E-state index contributed by atoms with van der Waals surface area (Å²) in [6.07, 6.45) is 3.22. The molecule has 0 aliphatic rings. The molecular formula is C17H18N6O2. The number of aromatic nitrogens is 3. The van der Waals surface area contributed by atoms with E-state index in [0.717, 1.165) is 5.69 Å². The SMILES string of the molecule is COc1cnccc1-c1nc(-c2ccc(NC(C)C)c(N=N)c2)no1. The maximum Gasteiger partial charge on any atom is 0.262 e. The van der Waals surface area contributed by atoms with Crippen molar-refractivity contribution in [3.63, 3.8) is 0 Å². The van der Waals surface area contributed by atoms with Gasteiger partial charge in [-0.05, 0) is 38.1 Å². The van der Waals surface area contributed by atoms with Gasteiger partial charge in [0.1, 0.15) is 11.4 Å². The predicted molar refractivity (Wildman–Crippen MR) is 93.1 cm³/mol. The van der Waals surface area contributed by atoms with E-state index >= 15 is 0 Å². The van der Waals surface area contributed by atoms with E-state index in [0.29, 0.717) is 34.3 Å². The summed E-state index contributed by atoms with van der Waals surface area (Å²) in [5, 5.41) is 10.8. The van der Waals surface area contributed by atoms with E-state index in [4.69, 9.17) is 14.8 Å². The number of benzene rings is 1. The van der Waals surface area contributed by atoms with E-state index < -0.39 is 0 Å². The van der Waals surface area contributed by atoms with Gasteiger partial charge in [0, 0.05) is 17.8 Å². The van der Waals surface area contributed by atoms with Gasteiger partial charge in [0.2, 0.25) is 5.82 Å². The standard InChI is InChI=1S/C17H18N6O2/c1-10(2)20-13-5-4-11(8-14(13)22-18)16-21-17(25-23-16)12-6-7-19-9-15(12)24-3/h4-10,18,20H,1-3H3. The van der Waals surface area contributed by atoms with E-state index in [1.54, 1.807) is 31.6 Å². The van der Waals surface area contributed by atoms with Crippen LogP contribution in [-0.4, -0.2) is 28.3 Å². The van der Waals surface area contributed by atoms with Crippen molar-refractivity contribution in [3.8, 4) is 28.6 Å². The summed E-state index contributed by atoms with van der Waals surface area (Å²) in [5.74, 6) is 1.30. The Labute approximate surface area is 144 Å². The second kappa shape index (κ2) is 7.08. The molecule has 2 aromatic heterocycles. The van der Waals surface area contributed by atoms with Gasteiger partial charge in [0.25, 0.3) is 5.89 Å². The summed E-state index contributed by atoms with van der Waals surface area (Å²) in [6, 6.07) is 7.44. The zero-order valence-electron chi connectivity index (χ0n) is 14.1. The Morgan fingerprint density at radius 3 is 2.84 bits per heavy atom. The van der Waals surface area contributed by atoms with E-state index in [1.807, 2.05) is 26.0 Å². The average molecular weight is 338 g/mol. The summed E-state index contributed by atoms with van der Waals surface area (Å²) in [7, 11) is 1.56. The highest BCUT2D eigenvalue weighted by molar-refractivity contribution is 5.73. The fourth-order valence-corrected chi connectivity index (χ4v) is 2.37. The molecule has 0 amide bonds. The monoisotopic (exact) mass is 338 g/mol. The molecule has 0 saturated heterocycles. The number of methoxy groups -OCH3 is 1. The normalized spacial score (nSPS) is 10.7. The number of hydrogen-bond donors (Lipinski definition) is 2. The molecule has 3 rings (SSSR count).